The number of carbonyl (C=O) groups excluding carboxylic acids is 1. The minimum Gasteiger partial charge on any atom is -0.353 e. The summed E-state index contributed by atoms with van der Waals surface area (Å²) in [6.45, 7) is 0.215. The fourth-order valence-electron chi connectivity index (χ4n) is 2.39. The molecule has 0 unspecified atom stereocenters. The third kappa shape index (κ3) is 4.72. The van der Waals surface area contributed by atoms with Gasteiger partial charge in [-0.1, -0.05) is 0 Å². The lowest BCUT2D eigenvalue weighted by Gasteiger charge is -2.09. The van der Waals surface area contributed by atoms with E-state index in [0.29, 0.717) is 11.3 Å². The van der Waals surface area contributed by atoms with Gasteiger partial charge in [0.25, 0.3) is 11.1 Å². The molecule has 9 heteroatoms. The van der Waals surface area contributed by atoms with Gasteiger partial charge >= 0.3 is 0 Å². The van der Waals surface area contributed by atoms with Crippen LogP contribution in [0.2, 0.25) is 0 Å². The summed E-state index contributed by atoms with van der Waals surface area (Å²) in [7, 11) is 0. The van der Waals surface area contributed by atoms with E-state index < -0.39 is 0 Å². The second-order valence-electron chi connectivity index (χ2n) is 5.68. The predicted octanol–water partition coefficient (Wildman–Crippen LogP) is 0.423. The molecule has 0 aliphatic carbocycles. The molecule has 8 nitrogen and oxygen atoms in total. The standard InChI is InChI=1S/C18H16FN5O3/c19-14-5-3-13(4-6-14)15-10-18(27)23(12-21-15)9-8-20-16(25)11-24-17(26)2-1-7-22-24/h1-7,10,12H,8-9,11H2,(H,20,25). The smallest absolute Gasteiger partial charge is 0.267 e. The summed E-state index contributed by atoms with van der Waals surface area (Å²) in [6, 6.07) is 9.83. The number of rotatable bonds is 6. The van der Waals surface area contributed by atoms with Crippen LogP contribution in [0.25, 0.3) is 11.3 Å². The second-order valence-corrected chi connectivity index (χ2v) is 5.68. The molecule has 138 valence electrons. The van der Waals surface area contributed by atoms with Crippen LogP contribution in [0, 0.1) is 5.82 Å². The van der Waals surface area contributed by atoms with Crippen LogP contribution in [0.1, 0.15) is 0 Å². The van der Waals surface area contributed by atoms with Crippen LogP contribution in [-0.4, -0.2) is 31.8 Å². The van der Waals surface area contributed by atoms with Gasteiger partial charge in [-0.3, -0.25) is 19.0 Å². The Kier molecular flexibility index (Phi) is 5.50. The third-order valence-electron chi connectivity index (χ3n) is 3.77. The van der Waals surface area contributed by atoms with Crippen molar-refractivity contribution in [2.75, 3.05) is 6.54 Å². The Balaban J connectivity index is 1.57. The fraction of sp³-hybridized carbons (Fsp3) is 0.167. The van der Waals surface area contributed by atoms with Crippen LogP contribution in [0.5, 0.6) is 0 Å². The lowest BCUT2D eigenvalue weighted by molar-refractivity contribution is -0.121. The summed E-state index contributed by atoms with van der Waals surface area (Å²) in [5.41, 5.74) is 0.411. The van der Waals surface area contributed by atoms with Crippen LogP contribution in [0.4, 0.5) is 4.39 Å². The first-order valence-electron chi connectivity index (χ1n) is 8.14. The molecule has 0 spiro atoms. The van der Waals surface area contributed by atoms with E-state index in [9.17, 15) is 18.8 Å². The number of carbonyl (C=O) groups is 1. The number of nitrogens with one attached hydrogen (secondary N) is 1. The number of nitrogens with zero attached hydrogens (tertiary/aromatic N) is 4. The average molecular weight is 369 g/mol. The highest BCUT2D eigenvalue weighted by molar-refractivity contribution is 5.75. The number of halogens is 1. The highest BCUT2D eigenvalue weighted by Crippen LogP contribution is 2.14. The van der Waals surface area contributed by atoms with E-state index in [1.165, 1.54) is 47.4 Å². The number of amides is 1. The molecule has 1 amide bonds. The van der Waals surface area contributed by atoms with Crippen molar-refractivity contribution in [1.29, 1.82) is 0 Å². The first-order valence-corrected chi connectivity index (χ1v) is 8.14. The van der Waals surface area contributed by atoms with Crippen molar-refractivity contribution in [2.45, 2.75) is 13.1 Å². The Morgan fingerprint density at radius 3 is 2.59 bits per heavy atom. The molecule has 1 N–H and O–H groups in total. The number of hydrogen-bond donors (Lipinski definition) is 1. The van der Waals surface area contributed by atoms with E-state index in [0.717, 1.165) is 4.68 Å². The zero-order valence-corrected chi connectivity index (χ0v) is 14.2. The van der Waals surface area contributed by atoms with Crippen molar-refractivity contribution in [2.24, 2.45) is 0 Å². The normalized spacial score (nSPS) is 10.6. The molecule has 0 saturated carbocycles. The topological polar surface area (TPSA) is 98.9 Å². The molecule has 3 aromatic rings. The predicted molar refractivity (Wildman–Crippen MR) is 95.4 cm³/mol. The van der Waals surface area contributed by atoms with E-state index >= 15 is 0 Å². The zero-order chi connectivity index (χ0) is 19.2. The molecular formula is C18H16FN5O3. The minimum absolute atomic E-state index is 0.192. The van der Waals surface area contributed by atoms with E-state index in [4.69, 9.17) is 0 Å². The summed E-state index contributed by atoms with van der Waals surface area (Å²) in [5.74, 6) is -0.754. The molecule has 27 heavy (non-hydrogen) atoms. The monoisotopic (exact) mass is 369 g/mol. The SMILES string of the molecule is O=C(Cn1ncccc1=O)NCCn1cnc(-c2ccc(F)cc2)cc1=O. The van der Waals surface area contributed by atoms with Gasteiger partial charge in [-0.05, 0) is 30.3 Å². The summed E-state index contributed by atoms with van der Waals surface area (Å²) in [4.78, 5) is 39.7. The molecule has 1 aromatic carbocycles. The van der Waals surface area contributed by atoms with Gasteiger partial charge in [-0.15, -0.1) is 0 Å². The van der Waals surface area contributed by atoms with Crippen molar-refractivity contribution in [3.63, 3.8) is 0 Å². The van der Waals surface area contributed by atoms with Crippen LogP contribution in [0.3, 0.4) is 0 Å². The molecule has 0 fully saturated rings. The zero-order valence-electron chi connectivity index (χ0n) is 14.2. The minimum atomic E-state index is -0.389. The Morgan fingerprint density at radius 1 is 1.11 bits per heavy atom. The molecule has 0 radical (unpaired) electrons. The number of hydrogen-bond acceptors (Lipinski definition) is 5. The summed E-state index contributed by atoms with van der Waals surface area (Å²) in [6.07, 6.45) is 2.79. The van der Waals surface area contributed by atoms with Gasteiger partial charge < -0.3 is 5.32 Å². The molecule has 0 aliphatic heterocycles. The summed E-state index contributed by atoms with van der Waals surface area (Å²) < 4.78 is 15.4. The van der Waals surface area contributed by atoms with Gasteiger partial charge in [0, 0.05) is 37.0 Å². The van der Waals surface area contributed by atoms with Crippen molar-refractivity contribution >= 4 is 5.91 Å². The molecule has 0 aliphatic rings. The van der Waals surface area contributed by atoms with Gasteiger partial charge in [0.2, 0.25) is 5.91 Å². The first kappa shape index (κ1) is 18.2. The highest BCUT2D eigenvalue weighted by Gasteiger charge is 2.06. The van der Waals surface area contributed by atoms with E-state index in [1.807, 2.05) is 0 Å². The Labute approximate surface area is 152 Å². The number of benzene rings is 1. The molecule has 0 bridgehead atoms. The molecule has 2 heterocycles. The average Bonchev–Trinajstić information content (AvgIpc) is 2.65. The van der Waals surface area contributed by atoms with Crippen LogP contribution in [0.15, 0.2) is 64.6 Å². The molecule has 3 rings (SSSR count). The Hall–Kier alpha value is -3.62. The van der Waals surface area contributed by atoms with Gasteiger partial charge in [-0.2, -0.15) is 5.10 Å². The van der Waals surface area contributed by atoms with Crippen LogP contribution < -0.4 is 16.4 Å². The van der Waals surface area contributed by atoms with Gasteiger partial charge in [0.1, 0.15) is 12.4 Å². The van der Waals surface area contributed by atoms with Crippen LogP contribution in [-0.2, 0) is 17.9 Å². The lowest BCUT2D eigenvalue weighted by atomic mass is 10.1. The molecular weight excluding hydrogens is 353 g/mol. The quantitative estimate of drug-likeness (QED) is 0.679. The fourth-order valence-corrected chi connectivity index (χ4v) is 2.39. The summed E-state index contributed by atoms with van der Waals surface area (Å²) >= 11 is 0. The second kappa shape index (κ2) is 8.17. The highest BCUT2D eigenvalue weighted by atomic mass is 19.1. The Bertz CT molecular complexity index is 1060. The molecule has 0 atom stereocenters. The van der Waals surface area contributed by atoms with Crippen LogP contribution >= 0.6 is 0 Å². The third-order valence-corrected chi connectivity index (χ3v) is 3.77. The maximum absolute atomic E-state index is 13.0. The Morgan fingerprint density at radius 2 is 1.89 bits per heavy atom. The number of aromatic nitrogens is 4. The van der Waals surface area contributed by atoms with Crippen molar-refractivity contribution in [1.82, 2.24) is 24.6 Å². The van der Waals surface area contributed by atoms with Crippen molar-refractivity contribution in [3.8, 4) is 11.3 Å². The molecule has 0 saturated heterocycles. The van der Waals surface area contributed by atoms with Crippen molar-refractivity contribution < 1.29 is 9.18 Å². The molecule has 2 aromatic heterocycles. The van der Waals surface area contributed by atoms with E-state index in [1.54, 1.807) is 12.1 Å². The maximum atomic E-state index is 13.0. The van der Waals surface area contributed by atoms with Gasteiger partial charge in [0.05, 0.1) is 12.0 Å². The lowest BCUT2D eigenvalue weighted by Crippen LogP contribution is -2.35. The largest absolute Gasteiger partial charge is 0.353 e. The summed E-state index contributed by atoms with van der Waals surface area (Å²) in [5, 5.41) is 6.42. The maximum Gasteiger partial charge on any atom is 0.267 e. The van der Waals surface area contributed by atoms with Gasteiger partial charge in [0.15, 0.2) is 0 Å². The first-order chi connectivity index (χ1) is 13.0. The van der Waals surface area contributed by atoms with E-state index in [2.05, 4.69) is 15.4 Å². The van der Waals surface area contributed by atoms with Crippen molar-refractivity contribution in [3.05, 3.63) is 81.5 Å². The van der Waals surface area contributed by atoms with E-state index in [-0.39, 0.29) is 42.5 Å². The van der Waals surface area contributed by atoms with Gasteiger partial charge in [-0.25, -0.2) is 14.1 Å².